The van der Waals surface area contributed by atoms with Gasteiger partial charge in [0.25, 0.3) is 0 Å². The van der Waals surface area contributed by atoms with Gasteiger partial charge >= 0.3 is 0 Å². The van der Waals surface area contributed by atoms with E-state index >= 15 is 0 Å². The highest BCUT2D eigenvalue weighted by atomic mass is 16.4. The van der Waals surface area contributed by atoms with Crippen molar-refractivity contribution in [3.8, 4) is 115 Å². The zero-order chi connectivity index (χ0) is 58.3. The molecule has 80 heavy (non-hydrogen) atoms. The van der Waals surface area contributed by atoms with Crippen LogP contribution in [0.2, 0.25) is 0 Å². The minimum Gasteiger partial charge on any atom is -0.504 e. The number of phenols is 20. The van der Waals surface area contributed by atoms with Crippen LogP contribution in [0.25, 0.3) is 0 Å². The molecule has 0 amide bonds. The standard InChI is InChI=1S/2C30H30O10/c2*31-21-5-2-15(9-23(21)33)1-3-18(7-16-10-25(35)29(39)26(36)11-16)20(19-4-6-22(32)24(34)14-19)8-17-12-27(37)30(40)28(38)13-17/h2*2,4-6,9-14,18,20,31-40H,1,3,7-8H2/t2*18-,20-/m10/s1. The Labute approximate surface area is 456 Å². The molecule has 4 atom stereocenters. The average molecular weight is 1100 g/mol. The first-order valence-corrected chi connectivity index (χ1v) is 24.9. The van der Waals surface area contributed by atoms with Gasteiger partial charge in [-0.3, -0.25) is 0 Å². The third-order valence-corrected chi connectivity index (χ3v) is 14.1. The van der Waals surface area contributed by atoms with E-state index in [-0.39, 0.29) is 83.5 Å². The molecule has 0 bridgehead atoms. The van der Waals surface area contributed by atoms with Gasteiger partial charge in [-0.05, 0) is 217 Å². The summed E-state index contributed by atoms with van der Waals surface area (Å²) < 4.78 is 0. The van der Waals surface area contributed by atoms with E-state index in [0.717, 1.165) is 0 Å². The van der Waals surface area contributed by atoms with E-state index < -0.39 is 80.8 Å². The Morgan fingerprint density at radius 1 is 0.212 bits per heavy atom. The van der Waals surface area contributed by atoms with Crippen LogP contribution in [0, 0.1) is 11.8 Å². The summed E-state index contributed by atoms with van der Waals surface area (Å²) in [7, 11) is 0. The molecule has 0 aliphatic carbocycles. The molecule has 0 spiro atoms. The van der Waals surface area contributed by atoms with Crippen LogP contribution in [0.5, 0.6) is 115 Å². The highest BCUT2D eigenvalue weighted by Gasteiger charge is 2.29. The Balaban J connectivity index is 0.000000231. The zero-order valence-electron chi connectivity index (χ0n) is 42.5. The lowest BCUT2D eigenvalue weighted by atomic mass is 9.75. The lowest BCUT2D eigenvalue weighted by molar-refractivity contribution is 0.358. The maximum Gasteiger partial charge on any atom is 0.200 e. The molecule has 8 aromatic rings. The summed E-state index contributed by atoms with van der Waals surface area (Å²) in [5.41, 5.74) is 4.48. The first-order chi connectivity index (χ1) is 37.8. The van der Waals surface area contributed by atoms with Crippen LogP contribution >= 0.6 is 0 Å². The highest BCUT2D eigenvalue weighted by Crippen LogP contribution is 2.46. The number of aryl methyl sites for hydroxylation is 2. The van der Waals surface area contributed by atoms with Crippen LogP contribution in [-0.2, 0) is 38.5 Å². The van der Waals surface area contributed by atoms with Gasteiger partial charge < -0.3 is 102 Å². The van der Waals surface area contributed by atoms with Crippen LogP contribution in [0.3, 0.4) is 0 Å². The van der Waals surface area contributed by atoms with E-state index in [9.17, 15) is 102 Å². The zero-order valence-corrected chi connectivity index (χ0v) is 42.5. The number of rotatable bonds is 18. The summed E-state index contributed by atoms with van der Waals surface area (Å²) in [5, 5.41) is 200. The smallest absolute Gasteiger partial charge is 0.200 e. The second kappa shape index (κ2) is 24.4. The number of benzene rings is 8. The molecule has 0 radical (unpaired) electrons. The van der Waals surface area contributed by atoms with Crippen LogP contribution in [0.1, 0.15) is 69.2 Å². The second-order valence-corrected chi connectivity index (χ2v) is 19.7. The molecule has 420 valence electrons. The second-order valence-electron chi connectivity index (χ2n) is 19.7. The molecule has 0 fully saturated rings. The first-order valence-electron chi connectivity index (χ1n) is 24.9. The number of hydrogen-bond donors (Lipinski definition) is 20. The number of aromatic hydroxyl groups is 20. The molecular weight excluding hydrogens is 1040 g/mol. The van der Waals surface area contributed by atoms with E-state index in [1.54, 1.807) is 24.3 Å². The quantitative estimate of drug-likeness (QED) is 0.0356. The van der Waals surface area contributed by atoms with Crippen molar-refractivity contribution in [1.29, 1.82) is 0 Å². The predicted octanol–water partition coefficient (Wildman–Crippen LogP) is 9.12. The van der Waals surface area contributed by atoms with Crippen LogP contribution in [0.4, 0.5) is 0 Å². The van der Waals surface area contributed by atoms with Crippen molar-refractivity contribution in [1.82, 2.24) is 0 Å². The maximum atomic E-state index is 10.3. The fourth-order valence-corrected chi connectivity index (χ4v) is 9.93. The Hall–Kier alpha value is -10.2. The Morgan fingerprint density at radius 3 is 0.688 bits per heavy atom. The fraction of sp³-hybridized carbons (Fsp3) is 0.200. The van der Waals surface area contributed by atoms with Gasteiger partial charge in [-0.15, -0.1) is 0 Å². The SMILES string of the molecule is Oc1ccc(CC[C@@H](Cc2cc(O)c(O)c(O)c2)[C@H](Cc2cc(O)c(O)c(O)c2)c2ccc(O)c(O)c2)cc1O.Oc1ccc(CC[C@H](Cc2cc(O)c(O)c(O)c2)[C@@H](Cc2cc(O)c(O)c(O)c2)c2ccc(O)c(O)c2)cc1O. The summed E-state index contributed by atoms with van der Waals surface area (Å²) >= 11 is 0. The van der Waals surface area contributed by atoms with Crippen molar-refractivity contribution in [3.05, 3.63) is 166 Å². The molecule has 8 aromatic carbocycles. The lowest BCUT2D eigenvalue weighted by Gasteiger charge is -2.29. The molecule has 0 saturated carbocycles. The van der Waals surface area contributed by atoms with Crippen molar-refractivity contribution in [2.75, 3.05) is 0 Å². The number of phenolic OH excluding ortho intramolecular Hbond substituents is 20. The maximum absolute atomic E-state index is 10.3. The minimum atomic E-state index is -0.665. The minimum absolute atomic E-state index is 0.188. The van der Waals surface area contributed by atoms with Gasteiger partial charge in [0.05, 0.1) is 0 Å². The summed E-state index contributed by atoms with van der Waals surface area (Å²) in [5.74, 6) is -10.8. The summed E-state index contributed by atoms with van der Waals surface area (Å²) in [6, 6.07) is 28.1. The van der Waals surface area contributed by atoms with Crippen molar-refractivity contribution < 1.29 is 102 Å². The molecular formula is C60H60O20. The van der Waals surface area contributed by atoms with E-state index in [0.29, 0.717) is 70.2 Å². The molecule has 0 unspecified atom stereocenters. The predicted molar refractivity (Wildman–Crippen MR) is 289 cm³/mol. The van der Waals surface area contributed by atoms with Gasteiger partial charge in [0.2, 0.25) is 0 Å². The molecule has 0 heterocycles. The van der Waals surface area contributed by atoms with Crippen LogP contribution in [-0.4, -0.2) is 102 Å². The topological polar surface area (TPSA) is 405 Å². The van der Waals surface area contributed by atoms with E-state index in [4.69, 9.17) is 0 Å². The molecule has 20 nitrogen and oxygen atoms in total. The molecule has 20 heteroatoms. The van der Waals surface area contributed by atoms with E-state index in [1.807, 2.05) is 0 Å². The van der Waals surface area contributed by atoms with Crippen LogP contribution in [0.15, 0.2) is 121 Å². The third kappa shape index (κ3) is 13.8. The summed E-state index contributed by atoms with van der Waals surface area (Å²) in [6.45, 7) is 0. The first kappa shape index (κ1) is 57.5. The Bertz CT molecular complexity index is 3200. The largest absolute Gasteiger partial charge is 0.504 e. The normalized spacial score (nSPS) is 12.7. The van der Waals surface area contributed by atoms with Crippen molar-refractivity contribution in [2.45, 2.75) is 63.2 Å². The summed E-state index contributed by atoms with van der Waals surface area (Å²) in [4.78, 5) is 0. The van der Waals surface area contributed by atoms with Crippen molar-refractivity contribution >= 4 is 0 Å². The molecule has 0 aromatic heterocycles. The van der Waals surface area contributed by atoms with Crippen molar-refractivity contribution in [2.24, 2.45) is 11.8 Å². The molecule has 0 saturated heterocycles. The van der Waals surface area contributed by atoms with Gasteiger partial charge in [-0.1, -0.05) is 24.3 Å². The lowest BCUT2D eigenvalue weighted by Crippen LogP contribution is -2.19. The van der Waals surface area contributed by atoms with Gasteiger partial charge in [0, 0.05) is 0 Å². The van der Waals surface area contributed by atoms with Gasteiger partial charge in [0.1, 0.15) is 0 Å². The Morgan fingerprint density at radius 2 is 0.438 bits per heavy atom. The number of hydrogen-bond acceptors (Lipinski definition) is 20. The van der Waals surface area contributed by atoms with Crippen molar-refractivity contribution in [3.63, 3.8) is 0 Å². The van der Waals surface area contributed by atoms with Gasteiger partial charge in [-0.2, -0.15) is 0 Å². The van der Waals surface area contributed by atoms with E-state index in [1.165, 1.54) is 97.1 Å². The third-order valence-electron chi connectivity index (χ3n) is 14.1. The Kier molecular flexibility index (Phi) is 17.5. The fourth-order valence-electron chi connectivity index (χ4n) is 9.93. The summed E-state index contributed by atoms with van der Waals surface area (Å²) in [6.07, 6.45) is 2.58. The molecule has 8 rings (SSSR count). The van der Waals surface area contributed by atoms with Crippen LogP contribution < -0.4 is 0 Å². The molecule has 0 aliphatic rings. The average Bonchev–Trinajstić information content (AvgIpc) is 3.45. The monoisotopic (exact) mass is 1100 g/mol. The van der Waals surface area contributed by atoms with Gasteiger partial charge in [0.15, 0.2) is 115 Å². The molecule has 20 N–H and O–H groups in total. The van der Waals surface area contributed by atoms with Gasteiger partial charge in [-0.25, -0.2) is 0 Å². The van der Waals surface area contributed by atoms with E-state index in [2.05, 4.69) is 0 Å². The molecule has 0 aliphatic heterocycles. The highest BCUT2D eigenvalue weighted by molar-refractivity contribution is 5.55.